The molecule has 0 saturated carbocycles. The average molecular weight is 321 g/mol. The molecule has 24 heavy (non-hydrogen) atoms. The van der Waals surface area contributed by atoms with E-state index in [2.05, 4.69) is 23.4 Å². The second-order valence-corrected chi connectivity index (χ2v) is 5.94. The van der Waals surface area contributed by atoms with Crippen LogP contribution >= 0.6 is 0 Å². The summed E-state index contributed by atoms with van der Waals surface area (Å²) < 4.78 is 0. The number of hydrogen-bond acceptors (Lipinski definition) is 3. The zero-order valence-corrected chi connectivity index (χ0v) is 14.1. The van der Waals surface area contributed by atoms with Gasteiger partial charge in [0.05, 0.1) is 11.6 Å². The lowest BCUT2D eigenvalue weighted by Gasteiger charge is -2.37. The molecular formula is C20H23N3O. The van der Waals surface area contributed by atoms with Gasteiger partial charge in [0.1, 0.15) is 0 Å². The first-order chi connectivity index (χ1) is 11.8. The first-order valence-electron chi connectivity index (χ1n) is 8.43. The smallest absolute Gasteiger partial charge is 0.234 e. The minimum Gasteiger partial charge on any atom is -0.349 e. The van der Waals surface area contributed by atoms with Crippen LogP contribution < -0.4 is 9.80 Å². The molecular weight excluding hydrogens is 298 g/mol. The molecule has 1 aromatic heterocycles. The van der Waals surface area contributed by atoms with Crippen LogP contribution in [0.5, 0.6) is 0 Å². The van der Waals surface area contributed by atoms with Gasteiger partial charge in [-0.1, -0.05) is 43.3 Å². The SMILES string of the molecule is C=CCN1CCN(C(=O)[C@H](CC)c2ccccc2)c2cccnc21. The van der Waals surface area contributed by atoms with Gasteiger partial charge >= 0.3 is 0 Å². The number of rotatable bonds is 5. The normalized spacial score (nSPS) is 14.9. The molecule has 0 bridgehead atoms. The second-order valence-electron chi connectivity index (χ2n) is 5.94. The molecule has 4 nitrogen and oxygen atoms in total. The summed E-state index contributed by atoms with van der Waals surface area (Å²) in [6.07, 6.45) is 4.43. The van der Waals surface area contributed by atoms with Gasteiger partial charge in [0.15, 0.2) is 5.82 Å². The van der Waals surface area contributed by atoms with E-state index in [4.69, 9.17) is 0 Å². The minimum atomic E-state index is -0.120. The Morgan fingerprint density at radius 1 is 1.25 bits per heavy atom. The van der Waals surface area contributed by atoms with E-state index in [1.807, 2.05) is 53.4 Å². The van der Waals surface area contributed by atoms with Gasteiger partial charge in [0, 0.05) is 25.8 Å². The van der Waals surface area contributed by atoms with Crippen molar-refractivity contribution in [1.29, 1.82) is 0 Å². The first kappa shape index (κ1) is 16.2. The number of pyridine rings is 1. The van der Waals surface area contributed by atoms with Crippen LogP contribution in [-0.2, 0) is 4.79 Å². The van der Waals surface area contributed by atoms with E-state index >= 15 is 0 Å². The quantitative estimate of drug-likeness (QED) is 0.789. The van der Waals surface area contributed by atoms with Crippen LogP contribution in [0.4, 0.5) is 11.5 Å². The number of aromatic nitrogens is 1. The van der Waals surface area contributed by atoms with Gasteiger partial charge in [0.2, 0.25) is 5.91 Å². The van der Waals surface area contributed by atoms with Gasteiger partial charge in [-0.2, -0.15) is 0 Å². The maximum absolute atomic E-state index is 13.2. The molecule has 4 heteroatoms. The van der Waals surface area contributed by atoms with Crippen molar-refractivity contribution in [2.45, 2.75) is 19.3 Å². The van der Waals surface area contributed by atoms with E-state index in [1.165, 1.54) is 0 Å². The number of fused-ring (bicyclic) bond motifs is 1. The molecule has 0 unspecified atom stereocenters. The maximum atomic E-state index is 13.2. The molecule has 1 aliphatic heterocycles. The molecule has 0 aliphatic carbocycles. The van der Waals surface area contributed by atoms with Crippen LogP contribution in [0.15, 0.2) is 61.3 Å². The Labute approximate surface area is 143 Å². The van der Waals surface area contributed by atoms with Crippen LogP contribution in [0, 0.1) is 0 Å². The van der Waals surface area contributed by atoms with Gasteiger partial charge in [0.25, 0.3) is 0 Å². The highest BCUT2D eigenvalue weighted by molar-refractivity contribution is 6.01. The molecule has 124 valence electrons. The highest BCUT2D eigenvalue weighted by Gasteiger charge is 2.31. The second kappa shape index (κ2) is 7.30. The number of carbonyl (C=O) groups excluding carboxylic acids is 1. The summed E-state index contributed by atoms with van der Waals surface area (Å²) in [6, 6.07) is 13.9. The minimum absolute atomic E-state index is 0.120. The Balaban J connectivity index is 1.92. The number of amides is 1. The lowest BCUT2D eigenvalue weighted by atomic mass is 9.94. The van der Waals surface area contributed by atoms with Crippen molar-refractivity contribution in [3.63, 3.8) is 0 Å². The Morgan fingerprint density at radius 2 is 2.04 bits per heavy atom. The third-order valence-electron chi connectivity index (χ3n) is 4.47. The van der Waals surface area contributed by atoms with Gasteiger partial charge < -0.3 is 9.80 Å². The van der Waals surface area contributed by atoms with Gasteiger partial charge in [-0.25, -0.2) is 4.98 Å². The maximum Gasteiger partial charge on any atom is 0.234 e. The van der Waals surface area contributed by atoms with Crippen molar-refractivity contribution in [2.24, 2.45) is 0 Å². The van der Waals surface area contributed by atoms with Gasteiger partial charge in [-0.05, 0) is 24.1 Å². The fourth-order valence-corrected chi connectivity index (χ4v) is 3.28. The van der Waals surface area contributed by atoms with Crippen LogP contribution in [0.2, 0.25) is 0 Å². The molecule has 0 radical (unpaired) electrons. The van der Waals surface area contributed by atoms with E-state index in [9.17, 15) is 4.79 Å². The third-order valence-corrected chi connectivity index (χ3v) is 4.47. The van der Waals surface area contributed by atoms with E-state index in [0.29, 0.717) is 6.54 Å². The molecule has 3 rings (SSSR count). The van der Waals surface area contributed by atoms with Gasteiger partial charge in [-0.15, -0.1) is 6.58 Å². The zero-order chi connectivity index (χ0) is 16.9. The molecule has 2 heterocycles. The lowest BCUT2D eigenvalue weighted by Crippen LogP contribution is -2.46. The Morgan fingerprint density at radius 3 is 2.75 bits per heavy atom. The largest absolute Gasteiger partial charge is 0.349 e. The molecule has 2 aromatic rings. The summed E-state index contributed by atoms with van der Waals surface area (Å²) in [5, 5.41) is 0. The van der Waals surface area contributed by atoms with Crippen molar-refractivity contribution < 1.29 is 4.79 Å². The fraction of sp³-hybridized carbons (Fsp3) is 0.300. The van der Waals surface area contributed by atoms with Crippen molar-refractivity contribution in [1.82, 2.24) is 4.98 Å². The molecule has 1 atom stereocenters. The summed E-state index contributed by atoms with van der Waals surface area (Å²) in [7, 11) is 0. The molecule has 1 amide bonds. The Kier molecular flexibility index (Phi) is 4.94. The molecule has 0 fully saturated rings. The standard InChI is InChI=1S/C20H23N3O/c1-3-13-22-14-15-23(18-11-8-12-21-19(18)22)20(24)17(4-2)16-9-6-5-7-10-16/h3,5-12,17H,1,4,13-15H2,2H3/t17-/m1/s1. The highest BCUT2D eigenvalue weighted by atomic mass is 16.2. The number of nitrogens with zero attached hydrogens (tertiary/aromatic N) is 3. The predicted octanol–water partition coefficient (Wildman–Crippen LogP) is 3.61. The lowest BCUT2D eigenvalue weighted by molar-refractivity contribution is -0.120. The summed E-state index contributed by atoms with van der Waals surface area (Å²) in [4.78, 5) is 21.8. The monoisotopic (exact) mass is 321 g/mol. The Bertz CT molecular complexity index is 714. The molecule has 1 aromatic carbocycles. The topological polar surface area (TPSA) is 36.4 Å². The number of anilines is 2. The highest BCUT2D eigenvalue weighted by Crippen LogP contribution is 2.33. The summed E-state index contributed by atoms with van der Waals surface area (Å²) >= 11 is 0. The molecule has 0 spiro atoms. The summed E-state index contributed by atoms with van der Waals surface area (Å²) in [5.41, 5.74) is 1.97. The van der Waals surface area contributed by atoms with Crippen molar-refractivity contribution in [3.8, 4) is 0 Å². The van der Waals surface area contributed by atoms with Crippen LogP contribution in [-0.4, -0.2) is 30.5 Å². The van der Waals surface area contributed by atoms with E-state index < -0.39 is 0 Å². The van der Waals surface area contributed by atoms with Crippen molar-refractivity contribution in [2.75, 3.05) is 29.4 Å². The summed E-state index contributed by atoms with van der Waals surface area (Å²) in [5.74, 6) is 0.890. The molecule has 0 saturated heterocycles. The number of carbonyl (C=O) groups is 1. The number of benzene rings is 1. The van der Waals surface area contributed by atoms with E-state index in [1.54, 1.807) is 6.20 Å². The Hall–Kier alpha value is -2.62. The van der Waals surface area contributed by atoms with Crippen molar-refractivity contribution >= 4 is 17.4 Å². The van der Waals surface area contributed by atoms with E-state index in [-0.39, 0.29) is 11.8 Å². The van der Waals surface area contributed by atoms with Crippen LogP contribution in [0.3, 0.4) is 0 Å². The zero-order valence-electron chi connectivity index (χ0n) is 14.1. The van der Waals surface area contributed by atoms with Crippen molar-refractivity contribution in [3.05, 3.63) is 66.9 Å². The predicted molar refractivity (Wildman–Crippen MR) is 98.5 cm³/mol. The third kappa shape index (κ3) is 3.04. The van der Waals surface area contributed by atoms with Crippen LogP contribution in [0.25, 0.3) is 0 Å². The molecule has 0 N–H and O–H groups in total. The first-order valence-corrected chi connectivity index (χ1v) is 8.43. The number of hydrogen-bond donors (Lipinski definition) is 0. The average Bonchev–Trinajstić information content (AvgIpc) is 2.63. The summed E-state index contributed by atoms with van der Waals surface area (Å²) in [6.45, 7) is 8.06. The van der Waals surface area contributed by atoms with E-state index in [0.717, 1.165) is 36.6 Å². The van der Waals surface area contributed by atoms with Crippen LogP contribution in [0.1, 0.15) is 24.8 Å². The van der Waals surface area contributed by atoms with Gasteiger partial charge in [-0.3, -0.25) is 4.79 Å². The molecule has 1 aliphatic rings. The fourth-order valence-electron chi connectivity index (χ4n) is 3.28.